The Labute approximate surface area is 107 Å². The Hall–Kier alpha value is -1.16. The molecule has 1 atom stereocenters. The largest absolute Gasteiger partial charge is 0.508 e. The molecule has 1 amide bonds. The first-order chi connectivity index (χ1) is 8.10. The van der Waals surface area contributed by atoms with Crippen molar-refractivity contribution in [1.29, 1.82) is 0 Å². The van der Waals surface area contributed by atoms with E-state index in [-0.39, 0.29) is 17.6 Å². The second kappa shape index (κ2) is 6.55. The summed E-state index contributed by atoms with van der Waals surface area (Å²) in [6.07, 6.45) is 1.99. The van der Waals surface area contributed by atoms with E-state index >= 15 is 0 Å². The average Bonchev–Trinajstić information content (AvgIpc) is 2.30. The molecule has 1 aromatic carbocycles. The molecule has 1 N–H and O–H groups in total. The first-order valence-corrected chi connectivity index (χ1v) is 7.08. The Morgan fingerprint density at radius 2 is 2.24 bits per heavy atom. The van der Waals surface area contributed by atoms with Crippen LogP contribution in [-0.2, 0) is 4.79 Å². The molecule has 4 heteroatoms. The molecule has 0 aromatic heterocycles. The number of phenolic OH excluding ortho intramolecular Hbond substituents is 1. The SMILES string of the molecule is CCN(C(=O)C(C)CSC)c1cccc(O)c1. The van der Waals surface area contributed by atoms with Crippen molar-refractivity contribution in [3.63, 3.8) is 0 Å². The van der Waals surface area contributed by atoms with Crippen LogP contribution in [0.3, 0.4) is 0 Å². The first-order valence-electron chi connectivity index (χ1n) is 5.69. The summed E-state index contributed by atoms with van der Waals surface area (Å²) < 4.78 is 0. The minimum atomic E-state index is -0.00713. The maximum atomic E-state index is 12.2. The van der Waals surface area contributed by atoms with Crippen LogP contribution < -0.4 is 4.90 Å². The van der Waals surface area contributed by atoms with E-state index in [4.69, 9.17) is 0 Å². The van der Waals surface area contributed by atoms with E-state index in [1.807, 2.05) is 26.2 Å². The van der Waals surface area contributed by atoms with E-state index in [1.54, 1.807) is 34.9 Å². The summed E-state index contributed by atoms with van der Waals surface area (Å²) >= 11 is 1.67. The lowest BCUT2D eigenvalue weighted by atomic mass is 10.1. The Kier molecular flexibility index (Phi) is 5.35. The zero-order valence-corrected chi connectivity index (χ0v) is 11.3. The first kappa shape index (κ1) is 13.9. The summed E-state index contributed by atoms with van der Waals surface area (Å²) in [5.74, 6) is 1.10. The second-order valence-electron chi connectivity index (χ2n) is 3.96. The fourth-order valence-electron chi connectivity index (χ4n) is 1.71. The monoisotopic (exact) mass is 253 g/mol. The fraction of sp³-hybridized carbons (Fsp3) is 0.462. The van der Waals surface area contributed by atoms with Crippen molar-refractivity contribution in [3.8, 4) is 5.75 Å². The predicted octanol–water partition coefficient (Wildman–Crippen LogP) is 2.74. The Morgan fingerprint density at radius 1 is 1.53 bits per heavy atom. The maximum Gasteiger partial charge on any atom is 0.230 e. The zero-order valence-electron chi connectivity index (χ0n) is 10.5. The van der Waals surface area contributed by atoms with Gasteiger partial charge in [0.05, 0.1) is 0 Å². The van der Waals surface area contributed by atoms with Gasteiger partial charge in [-0.3, -0.25) is 4.79 Å². The smallest absolute Gasteiger partial charge is 0.230 e. The number of thioether (sulfide) groups is 1. The Balaban J connectivity index is 2.88. The lowest BCUT2D eigenvalue weighted by Gasteiger charge is -2.24. The molecule has 3 nitrogen and oxygen atoms in total. The minimum Gasteiger partial charge on any atom is -0.508 e. The average molecular weight is 253 g/mol. The molecule has 0 saturated heterocycles. The standard InChI is InChI=1S/C13H19NO2S/c1-4-14(13(16)10(2)9-17-3)11-6-5-7-12(15)8-11/h5-8,10,15H,4,9H2,1-3H3. The number of aromatic hydroxyl groups is 1. The van der Waals surface area contributed by atoms with Crippen LogP contribution >= 0.6 is 11.8 Å². The number of nitrogens with zero attached hydrogens (tertiary/aromatic N) is 1. The van der Waals surface area contributed by atoms with Crippen LogP contribution in [0.15, 0.2) is 24.3 Å². The van der Waals surface area contributed by atoms with Crippen LogP contribution in [0.2, 0.25) is 0 Å². The molecule has 0 spiro atoms. The van der Waals surface area contributed by atoms with Crippen LogP contribution in [0.1, 0.15) is 13.8 Å². The summed E-state index contributed by atoms with van der Waals surface area (Å²) in [7, 11) is 0. The molecule has 1 rings (SSSR count). The van der Waals surface area contributed by atoms with Gasteiger partial charge in [-0.25, -0.2) is 0 Å². The zero-order chi connectivity index (χ0) is 12.8. The molecule has 0 aliphatic heterocycles. The molecular weight excluding hydrogens is 234 g/mol. The molecule has 0 bridgehead atoms. The van der Waals surface area contributed by atoms with Crippen molar-refractivity contribution in [3.05, 3.63) is 24.3 Å². The van der Waals surface area contributed by atoms with Gasteiger partial charge in [-0.1, -0.05) is 13.0 Å². The van der Waals surface area contributed by atoms with Gasteiger partial charge in [-0.15, -0.1) is 0 Å². The molecule has 1 aromatic rings. The van der Waals surface area contributed by atoms with Crippen molar-refractivity contribution in [2.75, 3.05) is 23.5 Å². The number of rotatable bonds is 5. The van der Waals surface area contributed by atoms with Crippen LogP contribution in [0.25, 0.3) is 0 Å². The quantitative estimate of drug-likeness (QED) is 0.877. The molecule has 0 saturated carbocycles. The number of carbonyl (C=O) groups is 1. The van der Waals surface area contributed by atoms with Gasteiger partial charge in [0.1, 0.15) is 5.75 Å². The number of benzene rings is 1. The maximum absolute atomic E-state index is 12.2. The van der Waals surface area contributed by atoms with E-state index < -0.39 is 0 Å². The molecule has 0 fully saturated rings. The number of amides is 1. The number of hydrogen-bond donors (Lipinski definition) is 1. The van der Waals surface area contributed by atoms with Gasteiger partial charge in [0.25, 0.3) is 0 Å². The van der Waals surface area contributed by atoms with Gasteiger partial charge in [0.15, 0.2) is 0 Å². The number of phenols is 1. The molecule has 94 valence electrons. The van der Waals surface area contributed by atoms with Gasteiger partial charge < -0.3 is 10.0 Å². The summed E-state index contributed by atoms with van der Waals surface area (Å²) in [6, 6.07) is 6.81. The van der Waals surface area contributed by atoms with Crippen LogP contribution in [0.5, 0.6) is 5.75 Å². The van der Waals surface area contributed by atoms with Crippen LogP contribution in [-0.4, -0.2) is 29.6 Å². The van der Waals surface area contributed by atoms with Crippen molar-refractivity contribution in [2.45, 2.75) is 13.8 Å². The van der Waals surface area contributed by atoms with Crippen LogP contribution in [0, 0.1) is 5.92 Å². The van der Waals surface area contributed by atoms with Gasteiger partial charge in [0, 0.05) is 30.0 Å². The number of hydrogen-bond acceptors (Lipinski definition) is 3. The van der Waals surface area contributed by atoms with Crippen LogP contribution in [0.4, 0.5) is 5.69 Å². The summed E-state index contributed by atoms with van der Waals surface area (Å²) in [5, 5.41) is 9.44. The van der Waals surface area contributed by atoms with Gasteiger partial charge >= 0.3 is 0 Å². The molecule has 0 radical (unpaired) electrons. The van der Waals surface area contributed by atoms with E-state index in [1.165, 1.54) is 0 Å². The number of anilines is 1. The van der Waals surface area contributed by atoms with Gasteiger partial charge in [-0.2, -0.15) is 11.8 Å². The highest BCUT2D eigenvalue weighted by molar-refractivity contribution is 7.98. The van der Waals surface area contributed by atoms with E-state index in [0.717, 1.165) is 11.4 Å². The topological polar surface area (TPSA) is 40.5 Å². The van der Waals surface area contributed by atoms with E-state index in [2.05, 4.69) is 0 Å². The summed E-state index contributed by atoms with van der Waals surface area (Å²) in [5.41, 5.74) is 0.755. The molecule has 0 aliphatic carbocycles. The second-order valence-corrected chi connectivity index (χ2v) is 4.87. The third-order valence-electron chi connectivity index (χ3n) is 2.56. The Morgan fingerprint density at radius 3 is 2.76 bits per heavy atom. The third-order valence-corrected chi connectivity index (χ3v) is 3.40. The van der Waals surface area contributed by atoms with Crippen molar-refractivity contribution in [1.82, 2.24) is 0 Å². The lowest BCUT2D eigenvalue weighted by molar-refractivity contribution is -0.121. The molecular formula is C13H19NO2S. The molecule has 1 unspecified atom stereocenters. The molecule has 17 heavy (non-hydrogen) atoms. The molecule has 0 heterocycles. The molecule has 0 aliphatic rings. The summed E-state index contributed by atoms with van der Waals surface area (Å²) in [6.45, 7) is 4.49. The lowest BCUT2D eigenvalue weighted by Crippen LogP contribution is -2.35. The highest BCUT2D eigenvalue weighted by atomic mass is 32.2. The van der Waals surface area contributed by atoms with E-state index in [9.17, 15) is 9.90 Å². The third kappa shape index (κ3) is 3.66. The fourth-order valence-corrected chi connectivity index (χ4v) is 2.36. The van der Waals surface area contributed by atoms with E-state index in [0.29, 0.717) is 6.54 Å². The Bertz CT molecular complexity index is 381. The predicted molar refractivity (Wildman–Crippen MR) is 73.7 cm³/mol. The summed E-state index contributed by atoms with van der Waals surface area (Å²) in [4.78, 5) is 13.9. The van der Waals surface area contributed by atoms with Crippen molar-refractivity contribution < 1.29 is 9.90 Å². The van der Waals surface area contributed by atoms with Crippen molar-refractivity contribution >= 4 is 23.4 Å². The highest BCUT2D eigenvalue weighted by Gasteiger charge is 2.20. The van der Waals surface area contributed by atoms with Gasteiger partial charge in [-0.05, 0) is 25.3 Å². The minimum absolute atomic E-state index is 0.00713. The normalized spacial score (nSPS) is 12.2. The van der Waals surface area contributed by atoms with Crippen molar-refractivity contribution in [2.24, 2.45) is 5.92 Å². The number of carbonyl (C=O) groups excluding carboxylic acids is 1. The highest BCUT2D eigenvalue weighted by Crippen LogP contribution is 2.22. The van der Waals surface area contributed by atoms with Gasteiger partial charge in [0.2, 0.25) is 5.91 Å².